The van der Waals surface area contributed by atoms with Gasteiger partial charge in [0, 0.05) is 12.4 Å². The van der Waals surface area contributed by atoms with Gasteiger partial charge in [0.25, 0.3) is 5.56 Å². The minimum atomic E-state index is -4.50. The molecule has 0 unspecified atom stereocenters. The van der Waals surface area contributed by atoms with Crippen molar-refractivity contribution in [2.75, 3.05) is 7.05 Å². The molecule has 0 bridgehead atoms. The van der Waals surface area contributed by atoms with Crippen molar-refractivity contribution in [3.63, 3.8) is 0 Å². The number of carbonyl (C=O) groups excluding carboxylic acids is 1. The lowest BCUT2D eigenvalue weighted by atomic mass is 10.0. The second-order valence-corrected chi connectivity index (χ2v) is 5.43. The molecule has 0 saturated carbocycles. The molecule has 0 radical (unpaired) electrons. The van der Waals surface area contributed by atoms with Gasteiger partial charge in [-0.1, -0.05) is 13.8 Å². The Morgan fingerprint density at radius 3 is 2.48 bits per heavy atom. The number of nitrogens with one attached hydrogen (secondary N) is 1. The minimum Gasteiger partial charge on any atom is -0.358 e. The van der Waals surface area contributed by atoms with Crippen LogP contribution in [0.5, 0.6) is 0 Å². The molecule has 1 amide bonds. The monoisotopic (exact) mass is 327 g/mol. The smallest absolute Gasteiger partial charge is 0.358 e. The first-order chi connectivity index (χ1) is 10.6. The van der Waals surface area contributed by atoms with E-state index in [1.165, 1.54) is 7.05 Å². The third kappa shape index (κ3) is 3.35. The summed E-state index contributed by atoms with van der Waals surface area (Å²) in [6.45, 7) is 3.24. The van der Waals surface area contributed by atoms with Crippen LogP contribution in [-0.2, 0) is 17.5 Å². The summed E-state index contributed by atoms with van der Waals surface area (Å²) in [5.74, 6) is -0.627. The molecule has 0 spiro atoms. The highest BCUT2D eigenvalue weighted by Gasteiger charge is 2.31. The molecule has 1 N–H and O–H groups in total. The van der Waals surface area contributed by atoms with Crippen molar-refractivity contribution in [1.29, 1.82) is 0 Å². The number of amides is 1. The average molecular weight is 327 g/mol. The van der Waals surface area contributed by atoms with Gasteiger partial charge < -0.3 is 5.32 Å². The van der Waals surface area contributed by atoms with Crippen LogP contribution in [0.15, 0.2) is 23.0 Å². The zero-order valence-corrected chi connectivity index (χ0v) is 12.9. The molecule has 124 valence electrons. The molecule has 0 aliphatic carbocycles. The molecule has 23 heavy (non-hydrogen) atoms. The lowest BCUT2D eigenvalue weighted by Gasteiger charge is -2.14. The van der Waals surface area contributed by atoms with Gasteiger partial charge in [-0.15, -0.1) is 0 Å². The van der Waals surface area contributed by atoms with Gasteiger partial charge in [-0.05, 0) is 24.1 Å². The van der Waals surface area contributed by atoms with E-state index in [2.05, 4.69) is 10.4 Å². The first-order valence-corrected chi connectivity index (χ1v) is 6.97. The quantitative estimate of drug-likeness (QED) is 0.941. The minimum absolute atomic E-state index is 0.112. The number of carbonyl (C=O) groups is 1. The van der Waals surface area contributed by atoms with Crippen LogP contribution >= 0.6 is 0 Å². The lowest BCUT2D eigenvalue weighted by Crippen LogP contribution is -2.32. The van der Waals surface area contributed by atoms with E-state index in [9.17, 15) is 22.8 Å². The van der Waals surface area contributed by atoms with Crippen LogP contribution in [0, 0.1) is 0 Å². The molecule has 0 saturated heterocycles. The van der Waals surface area contributed by atoms with Gasteiger partial charge in [-0.2, -0.15) is 18.3 Å². The summed E-state index contributed by atoms with van der Waals surface area (Å²) < 4.78 is 39.6. The summed E-state index contributed by atoms with van der Waals surface area (Å²) >= 11 is 0. The summed E-state index contributed by atoms with van der Waals surface area (Å²) in [5.41, 5.74) is -1.09. The van der Waals surface area contributed by atoms with E-state index >= 15 is 0 Å². The lowest BCUT2D eigenvalue weighted by molar-refractivity contribution is -0.137. The summed E-state index contributed by atoms with van der Waals surface area (Å²) in [7, 11) is 1.42. The molecule has 1 aromatic carbocycles. The van der Waals surface area contributed by atoms with Crippen LogP contribution in [0.2, 0.25) is 0 Å². The summed E-state index contributed by atoms with van der Waals surface area (Å²) in [6.07, 6.45) is -4.50. The molecule has 0 fully saturated rings. The predicted octanol–water partition coefficient (Wildman–Crippen LogP) is 2.28. The zero-order valence-electron chi connectivity index (χ0n) is 12.9. The average Bonchev–Trinajstić information content (AvgIpc) is 2.48. The summed E-state index contributed by atoms with van der Waals surface area (Å²) in [4.78, 5) is 23.8. The molecular weight excluding hydrogens is 311 g/mol. The molecule has 0 aliphatic heterocycles. The Bertz CT molecular complexity index is 810. The van der Waals surface area contributed by atoms with Crippen molar-refractivity contribution in [1.82, 2.24) is 15.1 Å². The predicted molar refractivity (Wildman–Crippen MR) is 79.2 cm³/mol. The largest absolute Gasteiger partial charge is 0.416 e. The molecule has 8 heteroatoms. The van der Waals surface area contributed by atoms with Crippen molar-refractivity contribution in [3.05, 3.63) is 39.8 Å². The fourth-order valence-electron chi connectivity index (χ4n) is 2.24. The molecule has 5 nitrogen and oxygen atoms in total. The van der Waals surface area contributed by atoms with Gasteiger partial charge in [0.15, 0.2) is 0 Å². The van der Waals surface area contributed by atoms with Crippen molar-refractivity contribution >= 4 is 16.7 Å². The number of nitrogens with zero attached hydrogens (tertiary/aromatic N) is 2. The number of hydrogen-bond acceptors (Lipinski definition) is 3. The third-order valence-corrected chi connectivity index (χ3v) is 3.44. The van der Waals surface area contributed by atoms with Crippen LogP contribution in [0.4, 0.5) is 13.2 Å². The summed E-state index contributed by atoms with van der Waals surface area (Å²) in [5, 5.41) is 6.74. The van der Waals surface area contributed by atoms with E-state index < -0.39 is 23.2 Å². The van der Waals surface area contributed by atoms with Crippen LogP contribution < -0.4 is 10.9 Å². The fraction of sp³-hybridized carbons (Fsp3) is 0.400. The Balaban J connectivity index is 2.75. The molecule has 1 aromatic heterocycles. The van der Waals surface area contributed by atoms with Crippen molar-refractivity contribution in [3.8, 4) is 0 Å². The number of likely N-dealkylation sites (N-methyl/N-ethyl adjacent to an activating group) is 1. The molecule has 0 atom stereocenters. The second kappa shape index (κ2) is 6.02. The van der Waals surface area contributed by atoms with E-state index in [1.54, 1.807) is 13.8 Å². The fourth-order valence-corrected chi connectivity index (χ4v) is 2.24. The van der Waals surface area contributed by atoms with Gasteiger partial charge in [-0.3, -0.25) is 9.59 Å². The SMILES string of the molecule is CNC(=O)Cn1nc(C(C)C)c2cc(C(F)(F)F)ccc2c1=O. The van der Waals surface area contributed by atoms with E-state index in [1.807, 2.05) is 0 Å². The molecule has 0 aliphatic rings. The van der Waals surface area contributed by atoms with Crippen LogP contribution in [-0.4, -0.2) is 22.7 Å². The normalized spacial score (nSPS) is 12.0. The molecule has 1 heterocycles. The van der Waals surface area contributed by atoms with Gasteiger partial charge >= 0.3 is 6.18 Å². The highest BCUT2D eigenvalue weighted by atomic mass is 19.4. The first kappa shape index (κ1) is 17.0. The Morgan fingerprint density at radius 1 is 1.30 bits per heavy atom. The number of alkyl halides is 3. The molecule has 2 rings (SSSR count). The highest BCUT2D eigenvalue weighted by molar-refractivity contribution is 5.85. The number of benzene rings is 1. The van der Waals surface area contributed by atoms with E-state index in [0.717, 1.165) is 22.9 Å². The van der Waals surface area contributed by atoms with E-state index in [-0.39, 0.29) is 23.2 Å². The zero-order chi connectivity index (χ0) is 17.4. The Kier molecular flexibility index (Phi) is 4.44. The maximum absolute atomic E-state index is 12.9. The summed E-state index contributed by atoms with van der Waals surface area (Å²) in [6, 6.07) is 2.93. The Labute approximate surface area is 130 Å². The van der Waals surface area contributed by atoms with Gasteiger partial charge in [0.05, 0.1) is 16.6 Å². The number of halogens is 3. The van der Waals surface area contributed by atoms with Gasteiger partial charge in [-0.25, -0.2) is 4.68 Å². The molecular formula is C15H16F3N3O2. The van der Waals surface area contributed by atoms with E-state index in [0.29, 0.717) is 5.69 Å². The van der Waals surface area contributed by atoms with Crippen molar-refractivity contribution in [2.45, 2.75) is 32.5 Å². The van der Waals surface area contributed by atoms with Gasteiger partial charge in [0.2, 0.25) is 5.91 Å². The van der Waals surface area contributed by atoms with Crippen molar-refractivity contribution in [2.24, 2.45) is 0 Å². The highest BCUT2D eigenvalue weighted by Crippen LogP contribution is 2.32. The standard InChI is InChI=1S/C15H16F3N3O2/c1-8(2)13-11-6-9(15(16,17)18)4-5-10(11)14(23)21(20-13)7-12(22)19-3/h4-6,8H,7H2,1-3H3,(H,19,22). The van der Waals surface area contributed by atoms with Crippen LogP contribution in [0.3, 0.4) is 0 Å². The van der Waals surface area contributed by atoms with Crippen molar-refractivity contribution < 1.29 is 18.0 Å². The number of hydrogen-bond donors (Lipinski definition) is 1. The number of fused-ring (bicyclic) bond motifs is 1. The van der Waals surface area contributed by atoms with Crippen LogP contribution in [0.1, 0.15) is 31.0 Å². The maximum Gasteiger partial charge on any atom is 0.416 e. The maximum atomic E-state index is 12.9. The van der Waals surface area contributed by atoms with Gasteiger partial charge in [0.1, 0.15) is 6.54 Å². The van der Waals surface area contributed by atoms with E-state index in [4.69, 9.17) is 0 Å². The number of aromatic nitrogens is 2. The Morgan fingerprint density at radius 2 is 1.96 bits per heavy atom. The number of rotatable bonds is 3. The first-order valence-electron chi connectivity index (χ1n) is 6.97. The Hall–Kier alpha value is -2.38. The topological polar surface area (TPSA) is 64.0 Å². The molecule has 2 aromatic rings. The van der Waals surface area contributed by atoms with Crippen LogP contribution in [0.25, 0.3) is 10.8 Å². The second-order valence-electron chi connectivity index (χ2n) is 5.43. The third-order valence-electron chi connectivity index (χ3n) is 3.44.